The Morgan fingerprint density at radius 3 is 2.52 bits per heavy atom. The lowest BCUT2D eigenvalue weighted by molar-refractivity contribution is -0.0107. The lowest BCUT2D eigenvalue weighted by Gasteiger charge is -2.34. The molecule has 21 heavy (non-hydrogen) atoms. The second-order valence-electron chi connectivity index (χ2n) is 6.29. The number of likely N-dealkylation sites (tertiary alicyclic amines) is 1. The van der Waals surface area contributed by atoms with Crippen molar-refractivity contribution in [3.8, 4) is 0 Å². The Morgan fingerprint density at radius 2 is 1.86 bits per heavy atom. The van der Waals surface area contributed by atoms with Crippen molar-refractivity contribution in [2.24, 2.45) is 5.92 Å². The molecule has 1 aromatic carbocycles. The number of ether oxygens (including phenoxy) is 1. The minimum atomic E-state index is 0.205. The summed E-state index contributed by atoms with van der Waals surface area (Å²) < 4.78 is 5.82. The fourth-order valence-electron chi connectivity index (χ4n) is 3.46. The highest BCUT2D eigenvalue weighted by Gasteiger charge is 2.27. The van der Waals surface area contributed by atoms with Gasteiger partial charge in [0.05, 0.1) is 6.10 Å². The molecule has 0 N–H and O–H groups in total. The molecule has 0 radical (unpaired) electrons. The molecule has 1 aromatic rings. The number of carbonyl (C=O) groups excluding carboxylic acids is 1. The van der Waals surface area contributed by atoms with Gasteiger partial charge >= 0.3 is 0 Å². The molecule has 3 heteroatoms. The molecule has 3 rings (SSSR count). The van der Waals surface area contributed by atoms with Crippen LogP contribution in [0, 0.1) is 5.92 Å². The van der Waals surface area contributed by atoms with Gasteiger partial charge < -0.3 is 9.64 Å². The Labute approximate surface area is 127 Å². The predicted octanol–water partition coefficient (Wildman–Crippen LogP) is 3.15. The maximum absolute atomic E-state index is 12.5. The van der Waals surface area contributed by atoms with E-state index in [0.717, 1.165) is 44.6 Å². The summed E-state index contributed by atoms with van der Waals surface area (Å²) >= 11 is 0. The van der Waals surface area contributed by atoms with E-state index in [-0.39, 0.29) is 5.92 Å². The number of Topliss-reactive ketones (excluding diaryl/α,β-unsaturated/α-hetero) is 1. The van der Waals surface area contributed by atoms with Crippen LogP contribution in [0.4, 0.5) is 0 Å². The molecule has 0 saturated carbocycles. The molecule has 2 saturated heterocycles. The average Bonchev–Trinajstić information content (AvgIpc) is 2.57. The first-order valence-corrected chi connectivity index (χ1v) is 8.26. The van der Waals surface area contributed by atoms with Crippen molar-refractivity contribution in [3.05, 3.63) is 35.9 Å². The Kier molecular flexibility index (Phi) is 5.04. The molecule has 2 fully saturated rings. The number of hydrogen-bond donors (Lipinski definition) is 0. The van der Waals surface area contributed by atoms with Gasteiger partial charge in [-0.3, -0.25) is 4.79 Å². The lowest BCUT2D eigenvalue weighted by Crippen LogP contribution is -2.42. The largest absolute Gasteiger partial charge is 0.377 e. The van der Waals surface area contributed by atoms with Crippen LogP contribution in [0.5, 0.6) is 0 Å². The van der Waals surface area contributed by atoms with Crippen LogP contribution in [0.15, 0.2) is 30.3 Å². The Balaban J connectivity index is 1.47. The molecule has 0 spiro atoms. The highest BCUT2D eigenvalue weighted by Crippen LogP contribution is 2.23. The van der Waals surface area contributed by atoms with Gasteiger partial charge in [0.15, 0.2) is 5.78 Å². The monoisotopic (exact) mass is 287 g/mol. The van der Waals surface area contributed by atoms with E-state index in [1.165, 1.54) is 19.3 Å². The molecule has 0 amide bonds. The minimum Gasteiger partial charge on any atom is -0.377 e. The van der Waals surface area contributed by atoms with Crippen molar-refractivity contribution in [3.63, 3.8) is 0 Å². The zero-order chi connectivity index (χ0) is 14.5. The first kappa shape index (κ1) is 14.7. The molecular weight excluding hydrogens is 262 g/mol. The second-order valence-corrected chi connectivity index (χ2v) is 6.29. The summed E-state index contributed by atoms with van der Waals surface area (Å²) in [5, 5.41) is 0. The number of benzene rings is 1. The zero-order valence-corrected chi connectivity index (χ0v) is 12.7. The van der Waals surface area contributed by atoms with Crippen LogP contribution < -0.4 is 0 Å². The summed E-state index contributed by atoms with van der Waals surface area (Å²) in [6.45, 7) is 4.03. The lowest BCUT2D eigenvalue weighted by atomic mass is 9.88. The summed E-state index contributed by atoms with van der Waals surface area (Å²) in [6, 6.07) is 9.73. The normalized spacial score (nSPS) is 24.9. The number of piperidine rings is 1. The highest BCUT2D eigenvalue weighted by atomic mass is 16.5. The molecule has 1 unspecified atom stereocenters. The number of rotatable bonds is 4. The first-order chi connectivity index (χ1) is 10.3. The summed E-state index contributed by atoms with van der Waals surface area (Å²) in [6.07, 6.45) is 6.10. The highest BCUT2D eigenvalue weighted by molar-refractivity contribution is 5.97. The molecule has 2 heterocycles. The van der Waals surface area contributed by atoms with E-state index in [0.29, 0.717) is 11.9 Å². The zero-order valence-electron chi connectivity index (χ0n) is 12.7. The summed E-state index contributed by atoms with van der Waals surface area (Å²) in [7, 11) is 0. The number of nitrogens with zero attached hydrogens (tertiary/aromatic N) is 1. The van der Waals surface area contributed by atoms with Crippen LogP contribution in [-0.2, 0) is 4.74 Å². The summed E-state index contributed by atoms with van der Waals surface area (Å²) in [4.78, 5) is 14.9. The average molecular weight is 287 g/mol. The SMILES string of the molecule is O=C(c1ccccc1)C1CCN(CC2CCCCO2)CC1. The van der Waals surface area contributed by atoms with Crippen molar-refractivity contribution in [2.75, 3.05) is 26.2 Å². The smallest absolute Gasteiger partial charge is 0.166 e. The number of carbonyl (C=O) groups is 1. The maximum atomic E-state index is 12.5. The molecular formula is C18H25NO2. The van der Waals surface area contributed by atoms with Crippen LogP contribution >= 0.6 is 0 Å². The number of ketones is 1. The Hall–Kier alpha value is -1.19. The molecule has 0 aliphatic carbocycles. The Morgan fingerprint density at radius 1 is 1.10 bits per heavy atom. The van der Waals surface area contributed by atoms with Crippen molar-refractivity contribution < 1.29 is 9.53 Å². The van der Waals surface area contributed by atoms with Crippen molar-refractivity contribution >= 4 is 5.78 Å². The summed E-state index contributed by atoms with van der Waals surface area (Å²) in [5.74, 6) is 0.528. The fraction of sp³-hybridized carbons (Fsp3) is 0.611. The van der Waals surface area contributed by atoms with E-state index >= 15 is 0 Å². The van der Waals surface area contributed by atoms with Crippen LogP contribution in [0.25, 0.3) is 0 Å². The topological polar surface area (TPSA) is 29.5 Å². The predicted molar refractivity (Wildman–Crippen MR) is 83.5 cm³/mol. The van der Waals surface area contributed by atoms with Crippen LogP contribution in [-0.4, -0.2) is 43.0 Å². The van der Waals surface area contributed by atoms with E-state index < -0.39 is 0 Å². The van der Waals surface area contributed by atoms with Gasteiger partial charge in [-0.05, 0) is 45.2 Å². The molecule has 2 aliphatic heterocycles. The van der Waals surface area contributed by atoms with Crippen LogP contribution in [0.2, 0.25) is 0 Å². The van der Waals surface area contributed by atoms with Gasteiger partial charge in [0, 0.05) is 24.6 Å². The van der Waals surface area contributed by atoms with Gasteiger partial charge in [0.2, 0.25) is 0 Å². The van der Waals surface area contributed by atoms with Gasteiger partial charge in [-0.1, -0.05) is 30.3 Å². The van der Waals surface area contributed by atoms with Crippen LogP contribution in [0.1, 0.15) is 42.5 Å². The summed E-state index contributed by atoms with van der Waals surface area (Å²) in [5.41, 5.74) is 0.867. The third-order valence-electron chi connectivity index (χ3n) is 4.75. The molecule has 2 aliphatic rings. The molecule has 0 aromatic heterocycles. The maximum Gasteiger partial charge on any atom is 0.166 e. The quantitative estimate of drug-likeness (QED) is 0.797. The van der Waals surface area contributed by atoms with Gasteiger partial charge in [-0.15, -0.1) is 0 Å². The fourth-order valence-corrected chi connectivity index (χ4v) is 3.46. The van der Waals surface area contributed by atoms with Gasteiger partial charge in [0.25, 0.3) is 0 Å². The van der Waals surface area contributed by atoms with E-state index in [9.17, 15) is 4.79 Å². The van der Waals surface area contributed by atoms with Gasteiger partial charge in [-0.25, -0.2) is 0 Å². The first-order valence-electron chi connectivity index (χ1n) is 8.26. The van der Waals surface area contributed by atoms with Gasteiger partial charge in [-0.2, -0.15) is 0 Å². The molecule has 1 atom stereocenters. The second kappa shape index (κ2) is 7.19. The van der Waals surface area contributed by atoms with Crippen molar-refractivity contribution in [2.45, 2.75) is 38.2 Å². The third kappa shape index (κ3) is 3.92. The van der Waals surface area contributed by atoms with E-state index in [1.54, 1.807) is 0 Å². The standard InChI is InChI=1S/C18H25NO2/c20-18(15-6-2-1-3-7-15)16-9-11-19(12-10-16)14-17-8-4-5-13-21-17/h1-3,6-7,16-17H,4-5,8-14H2. The van der Waals surface area contributed by atoms with Crippen molar-refractivity contribution in [1.29, 1.82) is 0 Å². The molecule has 3 nitrogen and oxygen atoms in total. The van der Waals surface area contributed by atoms with Crippen molar-refractivity contribution in [1.82, 2.24) is 4.90 Å². The van der Waals surface area contributed by atoms with Gasteiger partial charge in [0.1, 0.15) is 0 Å². The van der Waals surface area contributed by atoms with Crippen LogP contribution in [0.3, 0.4) is 0 Å². The van der Waals surface area contributed by atoms with E-state index in [1.807, 2.05) is 30.3 Å². The van der Waals surface area contributed by atoms with E-state index in [4.69, 9.17) is 4.74 Å². The Bertz CT molecular complexity index is 446. The minimum absolute atomic E-state index is 0.205. The van der Waals surface area contributed by atoms with E-state index in [2.05, 4.69) is 4.90 Å². The molecule has 114 valence electrons. The third-order valence-corrected chi connectivity index (χ3v) is 4.75. The molecule has 0 bridgehead atoms. The number of hydrogen-bond acceptors (Lipinski definition) is 3.